The minimum absolute atomic E-state index is 0.00926. The van der Waals surface area contributed by atoms with Crippen LogP contribution in [-0.4, -0.2) is 59.5 Å². The summed E-state index contributed by atoms with van der Waals surface area (Å²) >= 11 is 0. The van der Waals surface area contributed by atoms with Gasteiger partial charge in [0.1, 0.15) is 11.4 Å². The highest BCUT2D eigenvalue weighted by Crippen LogP contribution is 2.30. The zero-order valence-electron chi connectivity index (χ0n) is 17.4. The van der Waals surface area contributed by atoms with Crippen molar-refractivity contribution in [2.24, 2.45) is 0 Å². The van der Waals surface area contributed by atoms with Gasteiger partial charge < -0.3 is 19.7 Å². The van der Waals surface area contributed by atoms with Crippen LogP contribution in [0.15, 0.2) is 48.7 Å². The van der Waals surface area contributed by atoms with Gasteiger partial charge in [0, 0.05) is 37.8 Å². The summed E-state index contributed by atoms with van der Waals surface area (Å²) in [5, 5.41) is 3.21. The number of amides is 2. The molecule has 11 heteroatoms. The van der Waals surface area contributed by atoms with Gasteiger partial charge in [0.2, 0.25) is 11.8 Å². The second-order valence-electron chi connectivity index (χ2n) is 7.38. The zero-order valence-corrected chi connectivity index (χ0v) is 17.4. The number of pyridine rings is 2. The highest BCUT2D eigenvalue weighted by atomic mass is 19.4. The van der Waals surface area contributed by atoms with Crippen molar-refractivity contribution in [2.75, 3.05) is 26.7 Å². The van der Waals surface area contributed by atoms with Gasteiger partial charge >= 0.3 is 6.18 Å². The van der Waals surface area contributed by atoms with E-state index in [0.29, 0.717) is 35.9 Å². The van der Waals surface area contributed by atoms with Crippen LogP contribution in [0.2, 0.25) is 0 Å². The number of carbonyl (C=O) groups excluding carboxylic acids is 2. The molecule has 1 aromatic carbocycles. The SMILES string of the molecule is COC1CN(C(=O)CNC(=O)c2ccc3cc(Oc4ccc(C(F)(F)F)cn4)ccc3n2)C1. The Morgan fingerprint density at radius 3 is 2.61 bits per heavy atom. The van der Waals surface area contributed by atoms with E-state index in [1.54, 1.807) is 36.3 Å². The average Bonchev–Trinajstić information content (AvgIpc) is 2.76. The first kappa shape index (κ1) is 22.5. The molecule has 0 spiro atoms. The number of hydrogen-bond donors (Lipinski definition) is 1. The molecule has 8 nitrogen and oxygen atoms in total. The number of nitrogens with zero attached hydrogens (tertiary/aromatic N) is 3. The number of methoxy groups -OCH3 is 1. The third kappa shape index (κ3) is 5.20. The zero-order chi connectivity index (χ0) is 23.6. The number of hydrogen-bond acceptors (Lipinski definition) is 6. The van der Waals surface area contributed by atoms with Crippen LogP contribution in [0, 0.1) is 0 Å². The third-order valence-electron chi connectivity index (χ3n) is 5.11. The first-order valence-electron chi connectivity index (χ1n) is 9.93. The van der Waals surface area contributed by atoms with Crippen molar-refractivity contribution in [1.29, 1.82) is 0 Å². The number of ether oxygens (including phenoxy) is 2. The van der Waals surface area contributed by atoms with Crippen LogP contribution < -0.4 is 10.1 Å². The molecule has 1 saturated heterocycles. The van der Waals surface area contributed by atoms with Crippen LogP contribution in [0.3, 0.4) is 0 Å². The van der Waals surface area contributed by atoms with Crippen LogP contribution >= 0.6 is 0 Å². The summed E-state index contributed by atoms with van der Waals surface area (Å²) in [6.07, 6.45) is -3.74. The number of fused-ring (bicyclic) bond motifs is 1. The van der Waals surface area contributed by atoms with E-state index in [2.05, 4.69) is 15.3 Å². The Balaban J connectivity index is 1.38. The number of likely N-dealkylation sites (tertiary alicyclic amines) is 1. The number of halogens is 3. The minimum atomic E-state index is -4.47. The van der Waals surface area contributed by atoms with Gasteiger partial charge in [0.25, 0.3) is 5.91 Å². The molecule has 0 saturated carbocycles. The minimum Gasteiger partial charge on any atom is -0.439 e. The van der Waals surface area contributed by atoms with E-state index in [-0.39, 0.29) is 30.1 Å². The Labute approximate surface area is 186 Å². The molecule has 33 heavy (non-hydrogen) atoms. The van der Waals surface area contributed by atoms with Gasteiger partial charge in [-0.25, -0.2) is 9.97 Å². The van der Waals surface area contributed by atoms with E-state index >= 15 is 0 Å². The van der Waals surface area contributed by atoms with Crippen molar-refractivity contribution in [3.05, 3.63) is 59.9 Å². The average molecular weight is 460 g/mol. The molecule has 172 valence electrons. The summed E-state index contributed by atoms with van der Waals surface area (Å²) in [5.74, 6) is -0.322. The Hall–Kier alpha value is -3.73. The Morgan fingerprint density at radius 1 is 1.15 bits per heavy atom. The van der Waals surface area contributed by atoms with Crippen molar-refractivity contribution in [2.45, 2.75) is 12.3 Å². The molecular formula is C22H19F3N4O4. The molecule has 0 atom stereocenters. The number of benzene rings is 1. The number of rotatable bonds is 6. The van der Waals surface area contributed by atoms with E-state index in [4.69, 9.17) is 9.47 Å². The maximum Gasteiger partial charge on any atom is 0.417 e. The lowest BCUT2D eigenvalue weighted by atomic mass is 10.1. The molecule has 3 heterocycles. The molecule has 1 N–H and O–H groups in total. The lowest BCUT2D eigenvalue weighted by molar-refractivity contribution is -0.141. The van der Waals surface area contributed by atoms with Gasteiger partial charge in [-0.3, -0.25) is 9.59 Å². The highest BCUT2D eigenvalue weighted by Gasteiger charge is 2.31. The lowest BCUT2D eigenvalue weighted by Gasteiger charge is -2.38. The van der Waals surface area contributed by atoms with Gasteiger partial charge in [-0.15, -0.1) is 0 Å². The van der Waals surface area contributed by atoms with Gasteiger partial charge in [0.05, 0.1) is 23.7 Å². The number of carbonyl (C=O) groups is 2. The standard InChI is InChI=1S/C22H19F3N4O4/c1-32-16-11-29(12-16)20(30)10-27-21(31)18-5-2-13-8-15(4-6-17(13)28-18)33-19-7-3-14(9-26-19)22(23,24)25/h2-9,16H,10-12H2,1H3,(H,27,31). The molecule has 0 aliphatic carbocycles. The predicted molar refractivity (Wildman–Crippen MR) is 111 cm³/mol. The van der Waals surface area contributed by atoms with Crippen molar-refractivity contribution in [1.82, 2.24) is 20.2 Å². The summed E-state index contributed by atoms with van der Waals surface area (Å²) < 4.78 is 48.6. The Kier molecular flexibility index (Phi) is 6.14. The fourth-order valence-electron chi connectivity index (χ4n) is 3.17. The van der Waals surface area contributed by atoms with Crippen LogP contribution in [0.25, 0.3) is 10.9 Å². The molecule has 1 fully saturated rings. The quantitative estimate of drug-likeness (QED) is 0.608. The summed E-state index contributed by atoms with van der Waals surface area (Å²) in [6, 6.07) is 9.99. The summed E-state index contributed by atoms with van der Waals surface area (Å²) in [7, 11) is 1.58. The van der Waals surface area contributed by atoms with Crippen molar-refractivity contribution in [3.8, 4) is 11.6 Å². The maximum atomic E-state index is 12.6. The molecule has 0 bridgehead atoms. The molecule has 2 aromatic heterocycles. The number of nitrogens with one attached hydrogen (secondary N) is 1. The summed E-state index contributed by atoms with van der Waals surface area (Å²) in [4.78, 5) is 34.0. The normalized spacial score (nSPS) is 14.1. The van der Waals surface area contributed by atoms with E-state index in [1.807, 2.05) is 0 Å². The van der Waals surface area contributed by atoms with Crippen LogP contribution in [0.1, 0.15) is 16.1 Å². The summed E-state index contributed by atoms with van der Waals surface area (Å²) in [5.41, 5.74) is -0.215. The second kappa shape index (κ2) is 9.02. The van der Waals surface area contributed by atoms with Gasteiger partial charge in [-0.05, 0) is 30.3 Å². The van der Waals surface area contributed by atoms with Gasteiger partial charge in [-0.2, -0.15) is 13.2 Å². The molecule has 2 amide bonds. The molecule has 4 rings (SSSR count). The Bertz CT molecular complexity index is 1180. The van der Waals surface area contributed by atoms with Crippen LogP contribution in [-0.2, 0) is 15.7 Å². The van der Waals surface area contributed by atoms with E-state index in [0.717, 1.165) is 12.1 Å². The fraction of sp³-hybridized carbons (Fsp3) is 0.273. The van der Waals surface area contributed by atoms with Crippen molar-refractivity contribution < 1.29 is 32.2 Å². The molecule has 0 radical (unpaired) electrons. The van der Waals surface area contributed by atoms with Crippen molar-refractivity contribution in [3.63, 3.8) is 0 Å². The van der Waals surface area contributed by atoms with E-state index in [9.17, 15) is 22.8 Å². The fourth-order valence-corrected chi connectivity index (χ4v) is 3.17. The lowest BCUT2D eigenvalue weighted by Crippen LogP contribution is -2.56. The molecule has 1 aliphatic rings. The highest BCUT2D eigenvalue weighted by molar-refractivity contribution is 5.97. The van der Waals surface area contributed by atoms with Crippen LogP contribution in [0.4, 0.5) is 13.2 Å². The van der Waals surface area contributed by atoms with Crippen LogP contribution in [0.5, 0.6) is 11.6 Å². The first-order valence-corrected chi connectivity index (χ1v) is 9.93. The van der Waals surface area contributed by atoms with Crippen molar-refractivity contribution >= 4 is 22.7 Å². The summed E-state index contributed by atoms with van der Waals surface area (Å²) in [6.45, 7) is 0.875. The monoisotopic (exact) mass is 460 g/mol. The molecule has 1 aliphatic heterocycles. The second-order valence-corrected chi connectivity index (χ2v) is 7.38. The first-order chi connectivity index (χ1) is 15.7. The maximum absolute atomic E-state index is 12.6. The largest absolute Gasteiger partial charge is 0.439 e. The number of alkyl halides is 3. The van der Waals surface area contributed by atoms with E-state index in [1.165, 1.54) is 6.07 Å². The number of aromatic nitrogens is 2. The predicted octanol–water partition coefficient (Wildman–Crippen LogP) is 3.03. The smallest absolute Gasteiger partial charge is 0.417 e. The third-order valence-corrected chi connectivity index (χ3v) is 5.11. The van der Waals surface area contributed by atoms with E-state index < -0.39 is 17.6 Å². The molecular weight excluding hydrogens is 441 g/mol. The van der Waals surface area contributed by atoms with Gasteiger partial charge in [0.15, 0.2) is 0 Å². The Morgan fingerprint density at radius 2 is 1.94 bits per heavy atom. The molecule has 3 aromatic rings. The topological polar surface area (TPSA) is 93.7 Å². The molecule has 0 unspecified atom stereocenters. The van der Waals surface area contributed by atoms with Gasteiger partial charge in [-0.1, -0.05) is 6.07 Å².